The van der Waals surface area contributed by atoms with Crippen molar-refractivity contribution in [2.24, 2.45) is 13.0 Å². The first-order valence-electron chi connectivity index (χ1n) is 9.88. The van der Waals surface area contributed by atoms with Crippen molar-refractivity contribution in [2.45, 2.75) is 71.5 Å². The number of aliphatic hydroxyl groups is 1. The van der Waals surface area contributed by atoms with Crippen LogP contribution in [0.25, 0.3) is 5.57 Å². The lowest BCUT2D eigenvalue weighted by Crippen LogP contribution is -2.28. The van der Waals surface area contributed by atoms with Gasteiger partial charge in [-0.1, -0.05) is 24.3 Å². The molecule has 1 aromatic rings. The minimum Gasteiger partial charge on any atom is -0.456 e. The molecule has 0 radical (unpaired) electrons. The first kappa shape index (κ1) is 20.4. The maximum Gasteiger partial charge on any atom is 0.339 e. The molecule has 0 aliphatic heterocycles. The first-order chi connectivity index (χ1) is 13.0. The second kappa shape index (κ2) is 6.93. The highest BCUT2D eigenvalue weighted by Crippen LogP contribution is 2.39. The van der Waals surface area contributed by atoms with E-state index >= 15 is 0 Å². The molecule has 1 unspecified atom stereocenters. The average molecular weight is 383 g/mol. The maximum atomic E-state index is 13.0. The van der Waals surface area contributed by atoms with Gasteiger partial charge in [-0.2, -0.15) is 0 Å². The smallest absolute Gasteiger partial charge is 0.339 e. The van der Waals surface area contributed by atoms with Crippen LogP contribution < -0.4 is 5.56 Å². The average Bonchev–Trinajstić information content (AvgIpc) is 3.40. The molecule has 5 heteroatoms. The molecule has 0 amide bonds. The molecule has 1 N–H and O–H groups in total. The van der Waals surface area contributed by atoms with Crippen LogP contribution in [-0.2, 0) is 23.0 Å². The van der Waals surface area contributed by atoms with E-state index in [1.54, 1.807) is 20.2 Å². The van der Waals surface area contributed by atoms with Crippen LogP contribution in [0.3, 0.4) is 0 Å². The fraction of sp³-hybridized carbons (Fsp3) is 0.565. The fourth-order valence-corrected chi connectivity index (χ4v) is 3.50. The maximum absolute atomic E-state index is 13.0. The second-order valence-electron chi connectivity index (χ2n) is 8.82. The third kappa shape index (κ3) is 3.79. The van der Waals surface area contributed by atoms with Crippen molar-refractivity contribution >= 4 is 11.5 Å². The number of rotatable bonds is 4. The molecule has 1 heterocycles. The van der Waals surface area contributed by atoms with E-state index in [2.05, 4.69) is 11.8 Å². The number of carbonyl (C=O) groups excluding carboxylic acids is 1. The number of pyridine rings is 1. The number of allylic oxidation sites excluding steroid dienone is 1. The Morgan fingerprint density at radius 3 is 2.57 bits per heavy atom. The van der Waals surface area contributed by atoms with Crippen molar-refractivity contribution in [3.8, 4) is 11.8 Å². The van der Waals surface area contributed by atoms with E-state index in [4.69, 9.17) is 4.74 Å². The molecule has 1 atom stereocenters. The normalized spacial score (nSPS) is 18.2. The van der Waals surface area contributed by atoms with Gasteiger partial charge in [0.2, 0.25) is 0 Å². The van der Waals surface area contributed by atoms with Crippen LogP contribution in [0.4, 0.5) is 0 Å². The zero-order valence-corrected chi connectivity index (χ0v) is 17.6. The number of hydrogen-bond acceptors (Lipinski definition) is 4. The molecule has 150 valence electrons. The Bertz CT molecular complexity index is 978. The molecule has 3 rings (SSSR count). The molecule has 28 heavy (non-hydrogen) atoms. The van der Waals surface area contributed by atoms with Crippen LogP contribution in [0, 0.1) is 17.8 Å². The molecular formula is C23H29NO4. The Hall–Kier alpha value is -2.32. The summed E-state index contributed by atoms with van der Waals surface area (Å²) in [6.07, 6.45) is 4.68. The van der Waals surface area contributed by atoms with E-state index in [1.807, 2.05) is 27.7 Å². The lowest BCUT2D eigenvalue weighted by atomic mass is 9.97. The van der Waals surface area contributed by atoms with Gasteiger partial charge in [0, 0.05) is 36.4 Å². The van der Waals surface area contributed by atoms with Gasteiger partial charge in [-0.25, -0.2) is 4.79 Å². The number of aromatic nitrogens is 1. The van der Waals surface area contributed by atoms with E-state index in [0.29, 0.717) is 35.1 Å². The topological polar surface area (TPSA) is 68.5 Å². The zero-order valence-electron chi connectivity index (χ0n) is 17.6. The van der Waals surface area contributed by atoms with Gasteiger partial charge >= 0.3 is 5.97 Å². The summed E-state index contributed by atoms with van der Waals surface area (Å²) in [5, 5.41) is 10.6. The minimum atomic E-state index is -1.07. The molecule has 0 saturated heterocycles. The van der Waals surface area contributed by atoms with Crippen LogP contribution in [-0.4, -0.2) is 26.8 Å². The quantitative estimate of drug-likeness (QED) is 0.641. The predicted molar refractivity (Wildman–Crippen MR) is 109 cm³/mol. The van der Waals surface area contributed by atoms with E-state index in [-0.39, 0.29) is 11.5 Å². The number of nitrogens with zero attached hydrogens (tertiary/aromatic N) is 1. The molecule has 0 spiro atoms. The Kier molecular flexibility index (Phi) is 5.05. The molecule has 2 aliphatic rings. The molecule has 1 fully saturated rings. The van der Waals surface area contributed by atoms with Gasteiger partial charge in [0.25, 0.3) is 5.56 Å². The van der Waals surface area contributed by atoms with Gasteiger partial charge in [-0.3, -0.25) is 4.79 Å². The third-order valence-corrected chi connectivity index (χ3v) is 5.84. The van der Waals surface area contributed by atoms with Crippen molar-refractivity contribution in [3.63, 3.8) is 0 Å². The Balaban J connectivity index is 2.10. The number of esters is 1. The monoisotopic (exact) mass is 383 g/mol. The summed E-state index contributed by atoms with van der Waals surface area (Å²) >= 11 is 0. The van der Waals surface area contributed by atoms with Crippen molar-refractivity contribution in [1.82, 2.24) is 4.57 Å². The summed E-state index contributed by atoms with van der Waals surface area (Å²) in [6.45, 7) is 9.28. The van der Waals surface area contributed by atoms with Crippen LogP contribution in [0.2, 0.25) is 0 Å². The number of aryl methyl sites for hydroxylation is 1. The molecule has 1 saturated carbocycles. The van der Waals surface area contributed by atoms with Crippen LogP contribution in [0.5, 0.6) is 0 Å². The van der Waals surface area contributed by atoms with Crippen LogP contribution in [0.15, 0.2) is 16.6 Å². The van der Waals surface area contributed by atoms with E-state index in [1.165, 1.54) is 4.57 Å². The number of ether oxygens (including phenoxy) is 1. The van der Waals surface area contributed by atoms with Crippen molar-refractivity contribution in [1.29, 1.82) is 0 Å². The van der Waals surface area contributed by atoms with Gasteiger partial charge in [0.1, 0.15) is 11.2 Å². The van der Waals surface area contributed by atoms with Gasteiger partial charge in [-0.05, 0) is 52.9 Å². The van der Waals surface area contributed by atoms with E-state index in [9.17, 15) is 14.7 Å². The third-order valence-electron chi connectivity index (χ3n) is 5.84. The highest BCUT2D eigenvalue weighted by molar-refractivity contribution is 6.20. The summed E-state index contributed by atoms with van der Waals surface area (Å²) < 4.78 is 7.21. The lowest BCUT2D eigenvalue weighted by molar-refractivity contribution is -0.149. The largest absolute Gasteiger partial charge is 0.456 e. The fourth-order valence-electron chi connectivity index (χ4n) is 3.50. The van der Waals surface area contributed by atoms with Crippen LogP contribution >= 0.6 is 0 Å². The second-order valence-corrected chi connectivity index (χ2v) is 8.82. The number of hydrogen-bond donors (Lipinski definition) is 1. The number of fused-ring (bicyclic) bond motifs is 1. The molecule has 2 aliphatic carbocycles. The number of carbonyl (C=O) groups is 1. The minimum absolute atomic E-state index is 0.133. The summed E-state index contributed by atoms with van der Waals surface area (Å²) in [5.74, 6) is 5.78. The highest BCUT2D eigenvalue weighted by Gasteiger charge is 2.39. The van der Waals surface area contributed by atoms with Crippen LogP contribution in [0.1, 0.15) is 70.6 Å². The Morgan fingerprint density at radius 1 is 1.36 bits per heavy atom. The SMILES string of the molecule is CCC(C)(C)OC(=O)C1=C(C)Cc2c1c(C#CC(C)(O)C1CC1)cn(C)c2=O. The summed E-state index contributed by atoms with van der Waals surface area (Å²) in [7, 11) is 1.68. The molecule has 0 aromatic carbocycles. The summed E-state index contributed by atoms with van der Waals surface area (Å²) in [5.41, 5.74) is 1.17. The van der Waals surface area contributed by atoms with Gasteiger partial charge in [0.05, 0.1) is 5.57 Å². The van der Waals surface area contributed by atoms with Gasteiger partial charge in [0.15, 0.2) is 0 Å². The molecule has 5 nitrogen and oxygen atoms in total. The van der Waals surface area contributed by atoms with Crippen molar-refractivity contribution in [2.75, 3.05) is 0 Å². The van der Waals surface area contributed by atoms with Gasteiger partial charge in [-0.15, -0.1) is 0 Å². The van der Waals surface area contributed by atoms with E-state index < -0.39 is 17.2 Å². The van der Waals surface area contributed by atoms with Gasteiger partial charge < -0.3 is 14.4 Å². The van der Waals surface area contributed by atoms with E-state index in [0.717, 1.165) is 18.4 Å². The molecule has 0 bridgehead atoms. The summed E-state index contributed by atoms with van der Waals surface area (Å²) in [4.78, 5) is 25.6. The highest BCUT2D eigenvalue weighted by atomic mass is 16.6. The van der Waals surface area contributed by atoms with Crippen molar-refractivity contribution < 1.29 is 14.6 Å². The Morgan fingerprint density at radius 2 is 2.00 bits per heavy atom. The predicted octanol–water partition coefficient (Wildman–Crippen LogP) is 2.96. The standard InChI is InChI=1S/C23H29NO4/c1-7-22(3,4)28-21(26)18-14(2)12-17-19(18)15(13-24(6)20(17)25)10-11-23(5,27)16-8-9-16/h13,16,27H,7-9,12H2,1-6H3. The zero-order chi connectivity index (χ0) is 20.9. The first-order valence-corrected chi connectivity index (χ1v) is 9.88. The summed E-state index contributed by atoms with van der Waals surface area (Å²) in [6, 6.07) is 0. The molecule has 1 aromatic heterocycles. The Labute approximate surface area is 166 Å². The molecular weight excluding hydrogens is 354 g/mol. The lowest BCUT2D eigenvalue weighted by Gasteiger charge is -2.24. The van der Waals surface area contributed by atoms with Crippen molar-refractivity contribution in [3.05, 3.63) is 38.8 Å².